The largest absolute Gasteiger partial charge is 0.495 e. The summed E-state index contributed by atoms with van der Waals surface area (Å²) in [7, 11) is 3.12. The van der Waals surface area contributed by atoms with Crippen molar-refractivity contribution in [3.8, 4) is 5.75 Å². The van der Waals surface area contributed by atoms with Crippen LogP contribution in [-0.4, -0.2) is 42.8 Å². The first-order chi connectivity index (χ1) is 12.1. The highest BCUT2D eigenvalue weighted by Crippen LogP contribution is 2.33. The van der Waals surface area contributed by atoms with Crippen molar-refractivity contribution < 1.29 is 19.1 Å². The molecule has 0 radical (unpaired) electrons. The normalized spacial score (nSPS) is 17.0. The lowest BCUT2D eigenvalue weighted by Gasteiger charge is -2.19. The van der Waals surface area contributed by atoms with Gasteiger partial charge in [0.2, 0.25) is 16.9 Å². The summed E-state index contributed by atoms with van der Waals surface area (Å²) in [6.07, 6.45) is 0.146. The molecular weight excluding hydrogens is 344 g/mol. The average molecular weight is 362 g/mol. The second kappa shape index (κ2) is 7.58. The van der Waals surface area contributed by atoms with Crippen LogP contribution in [0.25, 0.3) is 0 Å². The van der Waals surface area contributed by atoms with Gasteiger partial charge in [-0.1, -0.05) is 23.5 Å². The van der Waals surface area contributed by atoms with Gasteiger partial charge in [-0.15, -0.1) is 10.2 Å². The van der Waals surface area contributed by atoms with Gasteiger partial charge < -0.3 is 19.7 Å². The van der Waals surface area contributed by atoms with Crippen LogP contribution in [0.15, 0.2) is 24.3 Å². The third kappa shape index (κ3) is 3.77. The molecule has 0 saturated carbocycles. The molecule has 1 atom stereocenters. The Hall–Kier alpha value is -2.52. The van der Waals surface area contributed by atoms with E-state index in [-0.39, 0.29) is 18.2 Å². The van der Waals surface area contributed by atoms with E-state index in [4.69, 9.17) is 9.47 Å². The number of anilines is 2. The van der Waals surface area contributed by atoms with E-state index in [1.807, 2.05) is 12.1 Å². The number of hydrogen-bond donors (Lipinski definition) is 1. The number of nitrogens with zero attached hydrogens (tertiary/aromatic N) is 3. The molecule has 1 aliphatic heterocycles. The van der Waals surface area contributed by atoms with Gasteiger partial charge in [0.05, 0.1) is 18.7 Å². The van der Waals surface area contributed by atoms with Gasteiger partial charge in [0.25, 0.3) is 0 Å². The molecule has 0 bridgehead atoms. The second-order valence-electron chi connectivity index (χ2n) is 5.50. The van der Waals surface area contributed by atoms with Gasteiger partial charge in [-0.3, -0.25) is 9.59 Å². The zero-order valence-corrected chi connectivity index (χ0v) is 14.7. The van der Waals surface area contributed by atoms with E-state index in [1.165, 1.54) is 11.3 Å². The molecule has 2 amide bonds. The Morgan fingerprint density at radius 2 is 2.16 bits per heavy atom. The topological polar surface area (TPSA) is 93.7 Å². The van der Waals surface area contributed by atoms with Gasteiger partial charge in [-0.2, -0.15) is 0 Å². The third-order valence-electron chi connectivity index (χ3n) is 3.84. The summed E-state index contributed by atoms with van der Waals surface area (Å²) >= 11 is 1.25. The maximum absolute atomic E-state index is 12.4. The summed E-state index contributed by atoms with van der Waals surface area (Å²) in [6.45, 7) is 0.645. The highest BCUT2D eigenvalue weighted by Gasteiger charge is 2.36. The van der Waals surface area contributed by atoms with Gasteiger partial charge in [-0.25, -0.2) is 0 Å². The fourth-order valence-corrected chi connectivity index (χ4v) is 3.38. The van der Waals surface area contributed by atoms with E-state index in [1.54, 1.807) is 31.3 Å². The lowest BCUT2D eigenvalue weighted by Crippen LogP contribution is -2.28. The van der Waals surface area contributed by atoms with Gasteiger partial charge >= 0.3 is 0 Å². The lowest BCUT2D eigenvalue weighted by molar-refractivity contribution is -0.122. The number of aromatic nitrogens is 2. The fraction of sp³-hybridized carbons (Fsp3) is 0.375. The maximum atomic E-state index is 12.4. The van der Waals surface area contributed by atoms with E-state index < -0.39 is 5.92 Å². The summed E-state index contributed by atoms with van der Waals surface area (Å²) < 4.78 is 10.3. The smallest absolute Gasteiger partial charge is 0.231 e. The van der Waals surface area contributed by atoms with Crippen LogP contribution in [-0.2, 0) is 20.9 Å². The van der Waals surface area contributed by atoms with E-state index in [0.717, 1.165) is 0 Å². The lowest BCUT2D eigenvalue weighted by atomic mass is 10.1. The number of para-hydroxylation sites is 2. The standard InChI is InChI=1S/C16H18N4O4S/c1-23-9-13-18-19-16(25-13)17-15(22)10-7-14(21)20(8-10)11-5-3-4-6-12(11)24-2/h3-6,10H,7-9H2,1-2H3,(H,17,19,22)/t10-/m0/s1. The Morgan fingerprint density at radius 1 is 1.36 bits per heavy atom. The van der Waals surface area contributed by atoms with Crippen LogP contribution >= 0.6 is 11.3 Å². The molecule has 25 heavy (non-hydrogen) atoms. The first kappa shape index (κ1) is 17.3. The Labute approximate surface area is 148 Å². The Morgan fingerprint density at radius 3 is 2.92 bits per heavy atom. The van der Waals surface area contributed by atoms with Crippen LogP contribution in [0, 0.1) is 5.92 Å². The molecule has 1 fully saturated rings. The molecule has 0 unspecified atom stereocenters. The predicted molar refractivity (Wildman–Crippen MR) is 92.7 cm³/mol. The van der Waals surface area contributed by atoms with Gasteiger partial charge in [-0.05, 0) is 12.1 Å². The highest BCUT2D eigenvalue weighted by atomic mass is 32.1. The second-order valence-corrected chi connectivity index (χ2v) is 6.56. The average Bonchev–Trinajstić information content (AvgIpc) is 3.21. The number of nitrogens with one attached hydrogen (secondary N) is 1. The van der Waals surface area contributed by atoms with Crippen molar-refractivity contribution in [2.45, 2.75) is 13.0 Å². The summed E-state index contributed by atoms with van der Waals surface area (Å²) in [4.78, 5) is 26.4. The summed E-state index contributed by atoms with van der Waals surface area (Å²) in [5.74, 6) is -0.203. The molecule has 2 aromatic rings. The number of carbonyl (C=O) groups excluding carboxylic acids is 2. The molecule has 1 aromatic carbocycles. The summed E-state index contributed by atoms with van der Waals surface area (Å²) in [5.41, 5.74) is 0.670. The number of hydrogen-bond acceptors (Lipinski definition) is 7. The van der Waals surface area contributed by atoms with Crippen LogP contribution in [0.1, 0.15) is 11.4 Å². The molecule has 1 aliphatic rings. The van der Waals surface area contributed by atoms with Crippen molar-refractivity contribution in [2.75, 3.05) is 31.0 Å². The van der Waals surface area contributed by atoms with Crippen LogP contribution in [0.4, 0.5) is 10.8 Å². The van der Waals surface area contributed by atoms with Crippen molar-refractivity contribution in [2.24, 2.45) is 5.92 Å². The number of methoxy groups -OCH3 is 2. The zero-order valence-electron chi connectivity index (χ0n) is 13.9. The molecule has 1 saturated heterocycles. The van der Waals surface area contributed by atoms with Gasteiger partial charge in [0.15, 0.2) is 0 Å². The monoisotopic (exact) mass is 362 g/mol. The Bertz CT molecular complexity index is 779. The zero-order chi connectivity index (χ0) is 17.8. The third-order valence-corrected chi connectivity index (χ3v) is 4.65. The first-order valence-electron chi connectivity index (χ1n) is 7.68. The number of benzene rings is 1. The quantitative estimate of drug-likeness (QED) is 0.840. The predicted octanol–water partition coefficient (Wildman–Crippen LogP) is 1.68. The van der Waals surface area contributed by atoms with Crippen molar-refractivity contribution in [1.29, 1.82) is 0 Å². The van der Waals surface area contributed by atoms with Crippen molar-refractivity contribution in [3.05, 3.63) is 29.3 Å². The van der Waals surface area contributed by atoms with Crippen molar-refractivity contribution >= 4 is 34.0 Å². The number of ether oxygens (including phenoxy) is 2. The highest BCUT2D eigenvalue weighted by molar-refractivity contribution is 7.15. The summed E-state index contributed by atoms with van der Waals surface area (Å²) in [5, 5.41) is 11.6. The van der Waals surface area contributed by atoms with E-state index >= 15 is 0 Å². The molecule has 1 N–H and O–H groups in total. The SMILES string of the molecule is COCc1nnc(NC(=O)[C@H]2CC(=O)N(c3ccccc3OC)C2)s1. The van der Waals surface area contributed by atoms with Crippen LogP contribution in [0.3, 0.4) is 0 Å². The number of carbonyl (C=O) groups is 2. The molecule has 0 spiro atoms. The Kier molecular flexibility index (Phi) is 5.25. The minimum absolute atomic E-state index is 0.109. The number of amides is 2. The van der Waals surface area contributed by atoms with E-state index in [9.17, 15) is 9.59 Å². The van der Waals surface area contributed by atoms with Crippen LogP contribution in [0.5, 0.6) is 5.75 Å². The number of rotatable bonds is 6. The Balaban J connectivity index is 1.68. The molecule has 9 heteroatoms. The molecule has 8 nitrogen and oxygen atoms in total. The van der Waals surface area contributed by atoms with Gasteiger partial charge in [0.1, 0.15) is 17.4 Å². The van der Waals surface area contributed by atoms with Gasteiger partial charge in [0, 0.05) is 20.1 Å². The van der Waals surface area contributed by atoms with Crippen LogP contribution in [0.2, 0.25) is 0 Å². The van der Waals surface area contributed by atoms with Crippen molar-refractivity contribution in [3.63, 3.8) is 0 Å². The molecular formula is C16H18N4O4S. The van der Waals surface area contributed by atoms with Crippen LogP contribution < -0.4 is 15.0 Å². The molecule has 3 rings (SSSR count). The molecule has 1 aromatic heterocycles. The van der Waals surface area contributed by atoms with Crippen molar-refractivity contribution in [1.82, 2.24) is 10.2 Å². The fourth-order valence-electron chi connectivity index (χ4n) is 2.66. The molecule has 0 aliphatic carbocycles. The maximum Gasteiger partial charge on any atom is 0.231 e. The van der Waals surface area contributed by atoms with E-state index in [2.05, 4.69) is 15.5 Å². The first-order valence-corrected chi connectivity index (χ1v) is 8.49. The molecule has 132 valence electrons. The van der Waals surface area contributed by atoms with E-state index in [0.29, 0.717) is 34.7 Å². The molecule has 2 heterocycles. The minimum Gasteiger partial charge on any atom is -0.495 e. The summed E-state index contributed by atoms with van der Waals surface area (Å²) in [6, 6.07) is 7.25. The minimum atomic E-state index is -0.452.